The van der Waals surface area contributed by atoms with E-state index in [1.165, 1.54) is 0 Å². The first kappa shape index (κ1) is 12.8. The van der Waals surface area contributed by atoms with E-state index < -0.39 is 0 Å². The summed E-state index contributed by atoms with van der Waals surface area (Å²) < 4.78 is 1.89. The largest absolute Gasteiger partial charge is 0.273 e. The second kappa shape index (κ2) is 5.40. The second-order valence-electron chi connectivity index (χ2n) is 4.65. The minimum atomic E-state index is -0.0943. The van der Waals surface area contributed by atoms with Crippen molar-refractivity contribution in [1.29, 1.82) is 0 Å². The molecule has 102 valence electrons. The van der Waals surface area contributed by atoms with E-state index in [1.54, 1.807) is 0 Å². The Hall–Kier alpha value is -2.24. The zero-order chi connectivity index (χ0) is 13.9. The molecule has 0 bridgehead atoms. The highest BCUT2D eigenvalue weighted by atomic mass is 15.3. The van der Waals surface area contributed by atoms with E-state index in [-0.39, 0.29) is 6.04 Å². The molecule has 2 heterocycles. The van der Waals surface area contributed by atoms with Crippen molar-refractivity contribution in [2.45, 2.75) is 19.5 Å². The maximum absolute atomic E-state index is 5.77. The Morgan fingerprint density at radius 1 is 1.30 bits per heavy atom. The Labute approximate surface area is 117 Å². The van der Waals surface area contributed by atoms with Crippen LogP contribution in [0.1, 0.15) is 24.1 Å². The zero-order valence-corrected chi connectivity index (χ0v) is 11.3. The van der Waals surface area contributed by atoms with Crippen molar-refractivity contribution in [2.75, 3.05) is 0 Å². The van der Waals surface area contributed by atoms with Crippen LogP contribution in [0, 0.1) is 0 Å². The van der Waals surface area contributed by atoms with E-state index >= 15 is 0 Å². The number of nitrogens with one attached hydrogen (secondary N) is 1. The highest BCUT2D eigenvalue weighted by Crippen LogP contribution is 2.27. The van der Waals surface area contributed by atoms with Crippen LogP contribution in [0.5, 0.6) is 0 Å². The lowest BCUT2D eigenvalue weighted by atomic mass is 9.98. The Balaban J connectivity index is 2.11. The van der Waals surface area contributed by atoms with E-state index in [2.05, 4.69) is 28.5 Å². The van der Waals surface area contributed by atoms with Crippen molar-refractivity contribution in [3.63, 3.8) is 0 Å². The number of hydrogen-bond donors (Lipinski definition) is 2. The molecule has 1 unspecified atom stereocenters. The first-order valence-corrected chi connectivity index (χ1v) is 6.65. The molecule has 3 N–H and O–H groups in total. The minimum absolute atomic E-state index is 0.0943. The predicted octanol–water partition coefficient (Wildman–Crippen LogP) is 2.00. The van der Waals surface area contributed by atoms with Crippen molar-refractivity contribution >= 4 is 10.9 Å². The van der Waals surface area contributed by atoms with E-state index in [1.807, 2.05) is 47.5 Å². The Morgan fingerprint density at radius 2 is 2.15 bits per heavy atom. The van der Waals surface area contributed by atoms with Crippen LogP contribution < -0.4 is 11.3 Å². The molecule has 5 heteroatoms. The number of para-hydroxylation sites is 1. The average Bonchev–Trinajstić information content (AvgIpc) is 2.97. The Bertz CT molecular complexity index is 714. The second-order valence-corrected chi connectivity index (χ2v) is 4.65. The van der Waals surface area contributed by atoms with E-state index in [0.717, 1.165) is 28.6 Å². The summed E-state index contributed by atoms with van der Waals surface area (Å²) in [5.41, 5.74) is 6.00. The van der Waals surface area contributed by atoms with Crippen molar-refractivity contribution in [2.24, 2.45) is 5.84 Å². The molecule has 0 fully saturated rings. The number of rotatable bonds is 4. The van der Waals surface area contributed by atoms with E-state index in [4.69, 9.17) is 5.84 Å². The first-order valence-electron chi connectivity index (χ1n) is 6.65. The third kappa shape index (κ3) is 2.17. The number of aryl methyl sites for hydroxylation is 1. The van der Waals surface area contributed by atoms with Gasteiger partial charge >= 0.3 is 0 Å². The van der Waals surface area contributed by atoms with Gasteiger partial charge in [0.2, 0.25) is 0 Å². The van der Waals surface area contributed by atoms with Gasteiger partial charge in [0, 0.05) is 29.9 Å². The van der Waals surface area contributed by atoms with Gasteiger partial charge in [-0.05, 0) is 24.6 Å². The lowest BCUT2D eigenvalue weighted by Crippen LogP contribution is -2.28. The fourth-order valence-corrected chi connectivity index (χ4v) is 2.44. The maximum atomic E-state index is 5.77. The van der Waals surface area contributed by atoms with Gasteiger partial charge in [-0.25, -0.2) is 5.43 Å². The molecule has 0 saturated heterocycles. The quantitative estimate of drug-likeness (QED) is 0.560. The number of hydrogen-bond acceptors (Lipinski definition) is 4. The number of benzene rings is 1. The topological polar surface area (TPSA) is 68.8 Å². The van der Waals surface area contributed by atoms with Gasteiger partial charge in [-0.1, -0.05) is 18.2 Å². The van der Waals surface area contributed by atoms with Gasteiger partial charge in [0.25, 0.3) is 0 Å². The molecule has 0 radical (unpaired) electrons. The SMILES string of the molecule is CCn1cc(C(NN)c2ccnc3ccccc23)cn1. The lowest BCUT2D eigenvalue weighted by molar-refractivity contribution is 0.633. The van der Waals surface area contributed by atoms with Crippen LogP contribution in [-0.2, 0) is 6.54 Å². The summed E-state index contributed by atoms with van der Waals surface area (Å²) in [6.07, 6.45) is 5.68. The third-order valence-electron chi connectivity index (χ3n) is 3.47. The minimum Gasteiger partial charge on any atom is -0.273 e. The molecule has 0 spiro atoms. The summed E-state index contributed by atoms with van der Waals surface area (Å²) in [6.45, 7) is 2.90. The predicted molar refractivity (Wildman–Crippen MR) is 78.8 cm³/mol. The molecule has 0 amide bonds. The van der Waals surface area contributed by atoms with Gasteiger partial charge in [-0.15, -0.1) is 0 Å². The third-order valence-corrected chi connectivity index (χ3v) is 3.47. The zero-order valence-electron chi connectivity index (χ0n) is 11.3. The van der Waals surface area contributed by atoms with Crippen molar-refractivity contribution in [3.8, 4) is 0 Å². The molecule has 2 aromatic heterocycles. The van der Waals surface area contributed by atoms with Crippen LogP contribution in [0.4, 0.5) is 0 Å². The van der Waals surface area contributed by atoms with Crippen molar-refractivity contribution in [1.82, 2.24) is 20.2 Å². The maximum Gasteiger partial charge on any atom is 0.0747 e. The van der Waals surface area contributed by atoms with Gasteiger partial charge in [-0.2, -0.15) is 5.10 Å². The highest BCUT2D eigenvalue weighted by molar-refractivity contribution is 5.82. The molecule has 0 aliphatic carbocycles. The Kier molecular flexibility index (Phi) is 3.45. The lowest BCUT2D eigenvalue weighted by Gasteiger charge is -2.16. The Morgan fingerprint density at radius 3 is 2.90 bits per heavy atom. The van der Waals surface area contributed by atoms with Crippen LogP contribution in [0.2, 0.25) is 0 Å². The molecule has 0 aliphatic rings. The summed E-state index contributed by atoms with van der Waals surface area (Å²) in [7, 11) is 0. The van der Waals surface area contributed by atoms with Crippen molar-refractivity contribution in [3.05, 3.63) is 60.0 Å². The number of pyridine rings is 1. The molecule has 5 nitrogen and oxygen atoms in total. The van der Waals surface area contributed by atoms with E-state index in [0.29, 0.717) is 0 Å². The van der Waals surface area contributed by atoms with Crippen LogP contribution in [0.25, 0.3) is 10.9 Å². The fraction of sp³-hybridized carbons (Fsp3) is 0.200. The summed E-state index contributed by atoms with van der Waals surface area (Å²) in [4.78, 5) is 4.38. The fourth-order valence-electron chi connectivity index (χ4n) is 2.44. The summed E-state index contributed by atoms with van der Waals surface area (Å²) in [5.74, 6) is 5.77. The number of fused-ring (bicyclic) bond motifs is 1. The molecule has 20 heavy (non-hydrogen) atoms. The van der Waals surface area contributed by atoms with Gasteiger partial charge in [0.1, 0.15) is 0 Å². The first-order chi connectivity index (χ1) is 9.83. The molecule has 3 aromatic rings. The van der Waals surface area contributed by atoms with Gasteiger partial charge in [0.05, 0.1) is 17.8 Å². The van der Waals surface area contributed by atoms with Crippen LogP contribution in [-0.4, -0.2) is 14.8 Å². The molecule has 0 aliphatic heterocycles. The number of nitrogens with two attached hydrogens (primary N) is 1. The molecular formula is C15H17N5. The standard InChI is InChI=1S/C15H17N5/c1-2-20-10-11(9-18-20)15(19-16)13-7-8-17-14-6-4-3-5-12(13)14/h3-10,15,19H,2,16H2,1H3. The van der Waals surface area contributed by atoms with Crippen molar-refractivity contribution < 1.29 is 0 Å². The average molecular weight is 267 g/mol. The van der Waals surface area contributed by atoms with Gasteiger partial charge < -0.3 is 0 Å². The molecule has 1 atom stereocenters. The highest BCUT2D eigenvalue weighted by Gasteiger charge is 2.17. The summed E-state index contributed by atoms with van der Waals surface area (Å²) in [6, 6.07) is 9.96. The van der Waals surface area contributed by atoms with Gasteiger partial charge in [0.15, 0.2) is 0 Å². The van der Waals surface area contributed by atoms with Crippen LogP contribution in [0.3, 0.4) is 0 Å². The number of aromatic nitrogens is 3. The summed E-state index contributed by atoms with van der Waals surface area (Å²) in [5, 5.41) is 5.41. The molecule has 1 aromatic carbocycles. The monoisotopic (exact) mass is 267 g/mol. The summed E-state index contributed by atoms with van der Waals surface area (Å²) >= 11 is 0. The number of hydrazine groups is 1. The van der Waals surface area contributed by atoms with Crippen LogP contribution in [0.15, 0.2) is 48.9 Å². The molecule has 0 saturated carbocycles. The number of nitrogens with zero attached hydrogens (tertiary/aromatic N) is 3. The molecular weight excluding hydrogens is 250 g/mol. The van der Waals surface area contributed by atoms with E-state index in [9.17, 15) is 0 Å². The smallest absolute Gasteiger partial charge is 0.0747 e. The van der Waals surface area contributed by atoms with Gasteiger partial charge in [-0.3, -0.25) is 15.5 Å². The molecule has 3 rings (SSSR count). The van der Waals surface area contributed by atoms with Crippen LogP contribution >= 0.6 is 0 Å². The normalized spacial score (nSPS) is 12.7.